The largest absolute Gasteiger partial charge is 0.484 e. The SMILES string of the molecule is NC(=S)c1ccccc1NC(=O)COc1ccccc1. The zero-order chi connectivity index (χ0) is 14.4. The number of thiocarbonyl (C=S) groups is 1. The van der Waals surface area contributed by atoms with Gasteiger partial charge in [0.05, 0.1) is 5.69 Å². The van der Waals surface area contributed by atoms with E-state index in [2.05, 4.69) is 5.32 Å². The lowest BCUT2D eigenvalue weighted by molar-refractivity contribution is -0.118. The predicted octanol–water partition coefficient (Wildman–Crippen LogP) is 2.34. The summed E-state index contributed by atoms with van der Waals surface area (Å²) in [5.41, 5.74) is 6.82. The van der Waals surface area contributed by atoms with E-state index in [0.29, 0.717) is 17.0 Å². The molecule has 0 aliphatic rings. The number of hydrogen-bond acceptors (Lipinski definition) is 3. The Morgan fingerprint density at radius 1 is 1.10 bits per heavy atom. The number of carbonyl (C=O) groups is 1. The molecule has 0 fully saturated rings. The van der Waals surface area contributed by atoms with Gasteiger partial charge in [-0.3, -0.25) is 4.79 Å². The number of rotatable bonds is 5. The minimum atomic E-state index is -0.266. The van der Waals surface area contributed by atoms with Gasteiger partial charge in [-0.15, -0.1) is 0 Å². The number of nitrogens with one attached hydrogen (secondary N) is 1. The molecule has 0 atom stereocenters. The molecule has 20 heavy (non-hydrogen) atoms. The second-order valence-electron chi connectivity index (χ2n) is 4.06. The normalized spacial score (nSPS) is 9.80. The zero-order valence-electron chi connectivity index (χ0n) is 10.7. The van der Waals surface area contributed by atoms with Crippen LogP contribution in [0.4, 0.5) is 5.69 Å². The van der Waals surface area contributed by atoms with Crippen molar-refractivity contribution in [2.75, 3.05) is 11.9 Å². The zero-order valence-corrected chi connectivity index (χ0v) is 11.5. The molecule has 3 N–H and O–H groups in total. The smallest absolute Gasteiger partial charge is 0.262 e. The summed E-state index contributed by atoms with van der Waals surface area (Å²) in [5, 5.41) is 2.73. The Morgan fingerprint density at radius 2 is 1.75 bits per heavy atom. The Hall–Kier alpha value is -2.40. The molecule has 0 aliphatic carbocycles. The maximum absolute atomic E-state index is 11.8. The van der Waals surface area contributed by atoms with E-state index in [0.717, 1.165) is 0 Å². The van der Waals surface area contributed by atoms with Gasteiger partial charge in [0.15, 0.2) is 6.61 Å². The van der Waals surface area contributed by atoms with Crippen LogP contribution >= 0.6 is 12.2 Å². The number of anilines is 1. The van der Waals surface area contributed by atoms with Crippen molar-refractivity contribution in [3.63, 3.8) is 0 Å². The van der Waals surface area contributed by atoms with Crippen LogP contribution in [0.1, 0.15) is 5.56 Å². The first-order valence-corrected chi connectivity index (χ1v) is 6.44. The van der Waals surface area contributed by atoms with E-state index in [1.807, 2.05) is 24.3 Å². The van der Waals surface area contributed by atoms with Crippen LogP contribution in [0.25, 0.3) is 0 Å². The fraction of sp³-hybridized carbons (Fsp3) is 0.0667. The van der Waals surface area contributed by atoms with Crippen LogP contribution in [0.2, 0.25) is 0 Å². The monoisotopic (exact) mass is 286 g/mol. The van der Waals surface area contributed by atoms with E-state index in [-0.39, 0.29) is 17.5 Å². The quantitative estimate of drug-likeness (QED) is 0.828. The fourth-order valence-electron chi connectivity index (χ4n) is 1.66. The Bertz CT molecular complexity index is 614. The van der Waals surface area contributed by atoms with Gasteiger partial charge in [-0.2, -0.15) is 0 Å². The summed E-state index contributed by atoms with van der Waals surface area (Å²) < 4.78 is 5.36. The lowest BCUT2D eigenvalue weighted by Gasteiger charge is -2.10. The van der Waals surface area contributed by atoms with Crippen LogP contribution in [0.3, 0.4) is 0 Å². The Balaban J connectivity index is 1.97. The van der Waals surface area contributed by atoms with E-state index >= 15 is 0 Å². The molecule has 4 nitrogen and oxygen atoms in total. The maximum atomic E-state index is 11.8. The molecule has 102 valence electrons. The highest BCUT2D eigenvalue weighted by Crippen LogP contribution is 2.15. The molecule has 0 aliphatic heterocycles. The Morgan fingerprint density at radius 3 is 2.45 bits per heavy atom. The summed E-state index contributed by atoms with van der Waals surface area (Å²) in [6.07, 6.45) is 0. The van der Waals surface area contributed by atoms with Gasteiger partial charge in [-0.1, -0.05) is 42.5 Å². The topological polar surface area (TPSA) is 64.3 Å². The number of ether oxygens (including phenoxy) is 1. The van der Waals surface area contributed by atoms with Crippen molar-refractivity contribution in [2.24, 2.45) is 5.73 Å². The first kappa shape index (κ1) is 14.0. The number of benzene rings is 2. The van der Waals surface area contributed by atoms with E-state index in [1.165, 1.54) is 0 Å². The van der Waals surface area contributed by atoms with Crippen molar-refractivity contribution in [3.05, 3.63) is 60.2 Å². The summed E-state index contributed by atoms with van der Waals surface area (Å²) in [6, 6.07) is 16.3. The standard InChI is InChI=1S/C15H14N2O2S/c16-15(20)12-8-4-5-9-13(12)17-14(18)10-19-11-6-2-1-3-7-11/h1-9H,10H2,(H2,16,20)(H,17,18). The Kier molecular flexibility index (Phi) is 4.68. The van der Waals surface area contributed by atoms with E-state index in [9.17, 15) is 4.79 Å². The van der Waals surface area contributed by atoms with Crippen LogP contribution in [0.5, 0.6) is 5.75 Å². The van der Waals surface area contributed by atoms with Crippen LogP contribution in [-0.4, -0.2) is 17.5 Å². The third-order valence-electron chi connectivity index (χ3n) is 2.58. The molecular weight excluding hydrogens is 272 g/mol. The number of hydrogen-bond donors (Lipinski definition) is 2. The summed E-state index contributed by atoms with van der Waals surface area (Å²) >= 11 is 4.94. The third kappa shape index (κ3) is 3.80. The van der Waals surface area contributed by atoms with Crippen molar-refractivity contribution in [2.45, 2.75) is 0 Å². The van der Waals surface area contributed by atoms with Crippen LogP contribution in [0.15, 0.2) is 54.6 Å². The lowest BCUT2D eigenvalue weighted by atomic mass is 10.2. The van der Waals surface area contributed by atoms with Crippen molar-refractivity contribution >= 4 is 28.8 Å². The molecule has 0 spiro atoms. The molecule has 5 heteroatoms. The van der Waals surface area contributed by atoms with Crippen molar-refractivity contribution in [3.8, 4) is 5.75 Å². The molecular formula is C15H14N2O2S. The van der Waals surface area contributed by atoms with E-state index in [1.54, 1.807) is 30.3 Å². The van der Waals surface area contributed by atoms with Gasteiger partial charge in [-0.05, 0) is 24.3 Å². The highest BCUT2D eigenvalue weighted by molar-refractivity contribution is 7.80. The molecule has 0 saturated carbocycles. The van der Waals surface area contributed by atoms with Gasteiger partial charge in [0.25, 0.3) is 5.91 Å². The molecule has 2 rings (SSSR count). The van der Waals surface area contributed by atoms with Crippen LogP contribution < -0.4 is 15.8 Å². The van der Waals surface area contributed by atoms with Gasteiger partial charge in [0, 0.05) is 5.56 Å². The molecule has 1 amide bonds. The number of amides is 1. The molecule has 2 aromatic rings. The van der Waals surface area contributed by atoms with Gasteiger partial charge in [0.1, 0.15) is 10.7 Å². The van der Waals surface area contributed by atoms with Gasteiger partial charge in [0.2, 0.25) is 0 Å². The van der Waals surface area contributed by atoms with Gasteiger partial charge >= 0.3 is 0 Å². The predicted molar refractivity (Wildman–Crippen MR) is 82.9 cm³/mol. The van der Waals surface area contributed by atoms with Crippen LogP contribution in [0, 0.1) is 0 Å². The van der Waals surface area contributed by atoms with Crippen molar-refractivity contribution in [1.29, 1.82) is 0 Å². The van der Waals surface area contributed by atoms with Crippen molar-refractivity contribution in [1.82, 2.24) is 0 Å². The minimum Gasteiger partial charge on any atom is -0.484 e. The average Bonchev–Trinajstić information content (AvgIpc) is 2.46. The maximum Gasteiger partial charge on any atom is 0.262 e. The highest BCUT2D eigenvalue weighted by Gasteiger charge is 2.08. The van der Waals surface area contributed by atoms with Crippen LogP contribution in [-0.2, 0) is 4.79 Å². The summed E-state index contributed by atoms with van der Waals surface area (Å²) in [5.74, 6) is 0.378. The molecule has 0 aromatic heterocycles. The fourth-order valence-corrected chi connectivity index (χ4v) is 1.84. The molecule has 0 radical (unpaired) electrons. The summed E-state index contributed by atoms with van der Waals surface area (Å²) in [7, 11) is 0. The minimum absolute atomic E-state index is 0.0737. The molecule has 0 bridgehead atoms. The first-order chi connectivity index (χ1) is 9.66. The lowest BCUT2D eigenvalue weighted by Crippen LogP contribution is -2.22. The van der Waals surface area contributed by atoms with E-state index in [4.69, 9.17) is 22.7 Å². The van der Waals surface area contributed by atoms with E-state index < -0.39 is 0 Å². The number of nitrogens with two attached hydrogens (primary N) is 1. The number of carbonyl (C=O) groups excluding carboxylic acids is 1. The molecule has 2 aromatic carbocycles. The average molecular weight is 286 g/mol. The Labute approximate surface area is 122 Å². The molecule has 0 unspecified atom stereocenters. The summed E-state index contributed by atoms with van der Waals surface area (Å²) in [6.45, 7) is -0.0737. The first-order valence-electron chi connectivity index (χ1n) is 6.03. The second-order valence-corrected chi connectivity index (χ2v) is 4.50. The summed E-state index contributed by atoms with van der Waals surface area (Å²) in [4.78, 5) is 12.1. The second kappa shape index (κ2) is 6.68. The van der Waals surface area contributed by atoms with Gasteiger partial charge in [-0.25, -0.2) is 0 Å². The third-order valence-corrected chi connectivity index (χ3v) is 2.80. The van der Waals surface area contributed by atoms with Crippen molar-refractivity contribution < 1.29 is 9.53 Å². The van der Waals surface area contributed by atoms with Gasteiger partial charge < -0.3 is 15.8 Å². The highest BCUT2D eigenvalue weighted by atomic mass is 32.1. The molecule has 0 saturated heterocycles. The molecule has 0 heterocycles. The number of para-hydroxylation sites is 2.